The molecule has 1 saturated heterocycles. The number of hydrogen-bond donors (Lipinski definition) is 0. The fraction of sp³-hybridized carbons (Fsp3) is 0.625. The predicted octanol–water partition coefficient (Wildman–Crippen LogP) is 3.20. The van der Waals surface area contributed by atoms with Crippen molar-refractivity contribution in [3.05, 3.63) is 23.8 Å². The van der Waals surface area contributed by atoms with Crippen molar-refractivity contribution in [3.8, 4) is 5.75 Å². The highest BCUT2D eigenvalue weighted by atomic mass is 32.2. The summed E-state index contributed by atoms with van der Waals surface area (Å²) in [6.07, 6.45) is 1.95. The van der Waals surface area contributed by atoms with Gasteiger partial charge >= 0.3 is 0 Å². The molecule has 2 rings (SSSR count). The highest BCUT2D eigenvalue weighted by Gasteiger charge is 2.28. The molecule has 5 heteroatoms. The van der Waals surface area contributed by atoms with Gasteiger partial charge in [-0.05, 0) is 63.3 Å². The van der Waals surface area contributed by atoms with E-state index in [1.54, 1.807) is 22.5 Å². The molecule has 0 aliphatic carbocycles. The molecule has 1 aliphatic rings. The zero-order valence-corrected chi connectivity index (χ0v) is 14.1. The Labute approximate surface area is 128 Å². The van der Waals surface area contributed by atoms with Crippen molar-refractivity contribution in [2.75, 3.05) is 13.1 Å². The lowest BCUT2D eigenvalue weighted by Crippen LogP contribution is -2.37. The Kier molecular flexibility index (Phi) is 4.94. The maximum Gasteiger partial charge on any atom is 0.243 e. The van der Waals surface area contributed by atoms with E-state index in [0.717, 1.165) is 24.2 Å². The third-order valence-corrected chi connectivity index (χ3v) is 5.78. The first-order valence-corrected chi connectivity index (χ1v) is 9.02. The monoisotopic (exact) mass is 311 g/mol. The lowest BCUT2D eigenvalue weighted by Gasteiger charge is -2.29. The van der Waals surface area contributed by atoms with Crippen LogP contribution in [0.5, 0.6) is 5.75 Å². The number of benzene rings is 1. The maximum absolute atomic E-state index is 12.7. The van der Waals surface area contributed by atoms with Crippen molar-refractivity contribution in [1.82, 2.24) is 4.31 Å². The molecule has 4 nitrogen and oxygen atoms in total. The van der Waals surface area contributed by atoms with Crippen LogP contribution in [0.3, 0.4) is 0 Å². The number of aryl methyl sites for hydroxylation is 1. The van der Waals surface area contributed by atoms with Crippen LogP contribution in [-0.2, 0) is 10.0 Å². The molecule has 1 aromatic carbocycles. The summed E-state index contributed by atoms with van der Waals surface area (Å²) < 4.78 is 32.6. The summed E-state index contributed by atoms with van der Waals surface area (Å²) in [6.45, 7) is 9.21. The summed E-state index contributed by atoms with van der Waals surface area (Å²) in [5.41, 5.74) is 0.857. The lowest BCUT2D eigenvalue weighted by molar-refractivity contribution is 0.240. The molecule has 0 atom stereocenters. The highest BCUT2D eigenvalue weighted by Crippen LogP contribution is 2.27. The average molecular weight is 311 g/mol. The first-order chi connectivity index (χ1) is 9.80. The largest absolute Gasteiger partial charge is 0.491 e. The number of hydrogen-bond acceptors (Lipinski definition) is 3. The number of sulfonamides is 1. The molecule has 1 fully saturated rings. The van der Waals surface area contributed by atoms with Gasteiger partial charge in [0.25, 0.3) is 0 Å². The first kappa shape index (κ1) is 16.3. The fourth-order valence-electron chi connectivity index (χ4n) is 2.54. The van der Waals surface area contributed by atoms with Crippen molar-refractivity contribution < 1.29 is 13.2 Å². The van der Waals surface area contributed by atoms with E-state index in [0.29, 0.717) is 23.9 Å². The van der Waals surface area contributed by atoms with Crippen molar-refractivity contribution in [3.63, 3.8) is 0 Å². The van der Waals surface area contributed by atoms with Gasteiger partial charge in [0, 0.05) is 13.1 Å². The second-order valence-corrected chi connectivity index (χ2v) is 8.12. The van der Waals surface area contributed by atoms with Gasteiger partial charge in [0.15, 0.2) is 0 Å². The molecule has 0 aromatic heterocycles. The Bertz CT molecular complexity index is 588. The number of rotatable bonds is 4. The molecule has 1 heterocycles. The van der Waals surface area contributed by atoms with Crippen LogP contribution in [0.15, 0.2) is 23.1 Å². The van der Waals surface area contributed by atoms with Gasteiger partial charge in [-0.15, -0.1) is 0 Å². The summed E-state index contributed by atoms with van der Waals surface area (Å²) in [5.74, 6) is 1.36. The lowest BCUT2D eigenvalue weighted by atomic mass is 10.0. The summed E-state index contributed by atoms with van der Waals surface area (Å²) in [7, 11) is -3.38. The van der Waals surface area contributed by atoms with Crippen molar-refractivity contribution in [1.29, 1.82) is 0 Å². The van der Waals surface area contributed by atoms with Gasteiger partial charge in [-0.2, -0.15) is 4.31 Å². The van der Waals surface area contributed by atoms with Gasteiger partial charge < -0.3 is 4.74 Å². The SMILES string of the molecule is Cc1cc(S(=O)(=O)N2CCC(C)CC2)ccc1OC(C)C. The quantitative estimate of drug-likeness (QED) is 0.858. The first-order valence-electron chi connectivity index (χ1n) is 7.58. The molecule has 21 heavy (non-hydrogen) atoms. The Balaban J connectivity index is 2.22. The maximum atomic E-state index is 12.7. The van der Waals surface area contributed by atoms with E-state index in [1.165, 1.54) is 0 Å². The standard InChI is InChI=1S/C16H25NO3S/c1-12(2)20-16-6-5-15(11-14(16)4)21(18,19)17-9-7-13(3)8-10-17/h5-6,11-13H,7-10H2,1-4H3. The van der Waals surface area contributed by atoms with E-state index >= 15 is 0 Å². The molecule has 0 saturated carbocycles. The zero-order chi connectivity index (χ0) is 15.6. The van der Waals surface area contributed by atoms with E-state index in [9.17, 15) is 8.42 Å². The molecule has 0 bridgehead atoms. The van der Waals surface area contributed by atoms with Gasteiger partial charge in [-0.3, -0.25) is 0 Å². The Morgan fingerprint density at radius 1 is 1.24 bits per heavy atom. The minimum absolute atomic E-state index is 0.0785. The average Bonchev–Trinajstić information content (AvgIpc) is 2.41. The van der Waals surface area contributed by atoms with Crippen molar-refractivity contribution >= 4 is 10.0 Å². The van der Waals surface area contributed by atoms with Gasteiger partial charge in [-0.25, -0.2) is 8.42 Å². The summed E-state index contributed by atoms with van der Waals surface area (Å²) in [4.78, 5) is 0.366. The van der Waals surface area contributed by atoms with Crippen LogP contribution < -0.4 is 4.74 Å². The van der Waals surface area contributed by atoms with Gasteiger partial charge in [0.05, 0.1) is 11.0 Å². The van der Waals surface area contributed by atoms with Crippen LogP contribution >= 0.6 is 0 Å². The highest BCUT2D eigenvalue weighted by molar-refractivity contribution is 7.89. The molecular weight excluding hydrogens is 286 g/mol. The molecule has 0 spiro atoms. The van der Waals surface area contributed by atoms with E-state index in [2.05, 4.69) is 6.92 Å². The third-order valence-electron chi connectivity index (χ3n) is 3.89. The van der Waals surface area contributed by atoms with Crippen LogP contribution in [-0.4, -0.2) is 31.9 Å². The molecule has 0 radical (unpaired) electrons. The molecule has 118 valence electrons. The summed E-state index contributed by atoms with van der Waals surface area (Å²) in [5, 5.41) is 0. The second-order valence-electron chi connectivity index (χ2n) is 6.18. The van der Waals surface area contributed by atoms with E-state index in [-0.39, 0.29) is 6.10 Å². The minimum Gasteiger partial charge on any atom is -0.491 e. The smallest absolute Gasteiger partial charge is 0.243 e. The Morgan fingerprint density at radius 2 is 1.86 bits per heavy atom. The van der Waals surface area contributed by atoms with E-state index < -0.39 is 10.0 Å². The zero-order valence-electron chi connectivity index (χ0n) is 13.3. The van der Waals surface area contributed by atoms with E-state index in [1.807, 2.05) is 20.8 Å². The number of ether oxygens (including phenoxy) is 1. The summed E-state index contributed by atoms with van der Waals surface area (Å²) >= 11 is 0. The Morgan fingerprint density at radius 3 is 2.38 bits per heavy atom. The fourth-order valence-corrected chi connectivity index (χ4v) is 4.10. The molecule has 0 N–H and O–H groups in total. The van der Waals surface area contributed by atoms with Crippen molar-refractivity contribution in [2.45, 2.75) is 51.5 Å². The Hall–Kier alpha value is -1.07. The molecule has 0 amide bonds. The van der Waals surface area contributed by atoms with Crippen LogP contribution in [0.25, 0.3) is 0 Å². The van der Waals surface area contributed by atoms with Gasteiger partial charge in [0.1, 0.15) is 5.75 Å². The number of nitrogens with zero attached hydrogens (tertiary/aromatic N) is 1. The predicted molar refractivity (Wildman–Crippen MR) is 84.1 cm³/mol. The van der Waals surface area contributed by atoms with E-state index in [4.69, 9.17) is 4.74 Å². The summed E-state index contributed by atoms with van der Waals surface area (Å²) in [6, 6.07) is 5.12. The van der Waals surface area contributed by atoms with Crippen LogP contribution in [0.1, 0.15) is 39.2 Å². The number of piperidine rings is 1. The molecule has 1 aromatic rings. The molecular formula is C16H25NO3S. The van der Waals surface area contributed by atoms with Crippen LogP contribution in [0.2, 0.25) is 0 Å². The van der Waals surface area contributed by atoms with Crippen molar-refractivity contribution in [2.24, 2.45) is 5.92 Å². The molecule has 0 unspecified atom stereocenters. The van der Waals surface area contributed by atoms with Crippen LogP contribution in [0, 0.1) is 12.8 Å². The second kappa shape index (κ2) is 6.36. The van der Waals surface area contributed by atoms with Gasteiger partial charge in [0.2, 0.25) is 10.0 Å². The normalized spacial score (nSPS) is 18.1. The topological polar surface area (TPSA) is 46.6 Å². The minimum atomic E-state index is -3.38. The van der Waals surface area contributed by atoms with Gasteiger partial charge in [-0.1, -0.05) is 6.92 Å². The molecule has 1 aliphatic heterocycles. The van der Waals surface area contributed by atoms with Crippen LogP contribution in [0.4, 0.5) is 0 Å². The third kappa shape index (κ3) is 3.77.